The molecule has 8 heteroatoms. The van der Waals surface area contributed by atoms with E-state index in [1.54, 1.807) is 0 Å². The molecule has 29 heavy (non-hydrogen) atoms. The highest BCUT2D eigenvalue weighted by molar-refractivity contribution is 6.31. The molecular formula is C21H26N4O4. The lowest BCUT2D eigenvalue weighted by molar-refractivity contribution is -0.136. The zero-order valence-corrected chi connectivity index (χ0v) is 16.4. The van der Waals surface area contributed by atoms with E-state index in [2.05, 4.69) is 4.90 Å². The molecule has 0 spiro atoms. The number of carbonyl (C=O) groups is 3. The van der Waals surface area contributed by atoms with E-state index >= 15 is 0 Å². The molecule has 8 nitrogen and oxygen atoms in total. The van der Waals surface area contributed by atoms with Crippen LogP contribution in [-0.2, 0) is 19.7 Å². The summed E-state index contributed by atoms with van der Waals surface area (Å²) in [4.78, 5) is 42.9. The van der Waals surface area contributed by atoms with Crippen molar-refractivity contribution in [2.75, 3.05) is 44.3 Å². The molecule has 5 rings (SSSR count). The van der Waals surface area contributed by atoms with Gasteiger partial charge in [-0.2, -0.15) is 0 Å². The molecule has 1 aromatic rings. The van der Waals surface area contributed by atoms with Gasteiger partial charge in [-0.1, -0.05) is 12.1 Å². The van der Waals surface area contributed by atoms with Crippen molar-refractivity contribution in [3.63, 3.8) is 0 Å². The van der Waals surface area contributed by atoms with Crippen LogP contribution in [0.4, 0.5) is 10.5 Å². The monoisotopic (exact) mass is 398 g/mol. The smallest absolute Gasteiger partial charge is 0.332 e. The molecule has 0 radical (unpaired) electrons. The summed E-state index contributed by atoms with van der Waals surface area (Å²) in [5.41, 5.74) is 5.93. The second-order valence-electron chi connectivity index (χ2n) is 8.62. The van der Waals surface area contributed by atoms with Gasteiger partial charge in [-0.25, -0.2) is 9.69 Å². The number of imide groups is 1. The number of urea groups is 1. The van der Waals surface area contributed by atoms with Crippen molar-refractivity contribution < 1.29 is 19.1 Å². The van der Waals surface area contributed by atoms with Gasteiger partial charge in [0.1, 0.15) is 0 Å². The standard InChI is InChI=1S/C21H26N4O4/c22-17(26)21-6-1-9-24(21)19(28)25(18(21)27)16-4-2-15(3-5-16)20(7-8-20)14-23-10-12-29-13-11-23/h2-5H,1,6-14H2,(H2,22,26)/t21-/m0/s1. The maximum absolute atomic E-state index is 13.1. The number of ether oxygens (including phenoxy) is 1. The Bertz CT molecular complexity index is 860. The van der Waals surface area contributed by atoms with E-state index in [1.807, 2.05) is 24.3 Å². The van der Waals surface area contributed by atoms with Gasteiger partial charge in [0.25, 0.3) is 11.8 Å². The predicted molar refractivity (Wildman–Crippen MR) is 105 cm³/mol. The molecule has 4 aliphatic rings. The van der Waals surface area contributed by atoms with E-state index in [1.165, 1.54) is 10.5 Å². The Morgan fingerprint density at radius 2 is 1.72 bits per heavy atom. The molecule has 1 aromatic carbocycles. The fourth-order valence-corrected chi connectivity index (χ4v) is 5.12. The maximum atomic E-state index is 13.1. The molecule has 1 atom stereocenters. The average molecular weight is 398 g/mol. The molecule has 3 aliphatic heterocycles. The number of carbonyl (C=O) groups excluding carboxylic acids is 3. The van der Waals surface area contributed by atoms with Crippen LogP contribution in [0.5, 0.6) is 0 Å². The largest absolute Gasteiger partial charge is 0.379 e. The van der Waals surface area contributed by atoms with Crippen molar-refractivity contribution in [2.45, 2.75) is 36.6 Å². The van der Waals surface area contributed by atoms with Crippen LogP contribution in [0.25, 0.3) is 0 Å². The van der Waals surface area contributed by atoms with Gasteiger partial charge in [0.2, 0.25) is 5.54 Å². The topological polar surface area (TPSA) is 96.2 Å². The van der Waals surface area contributed by atoms with Crippen molar-refractivity contribution in [1.29, 1.82) is 0 Å². The molecule has 3 saturated heterocycles. The van der Waals surface area contributed by atoms with Gasteiger partial charge in [0.05, 0.1) is 18.9 Å². The first-order valence-electron chi connectivity index (χ1n) is 10.3. The van der Waals surface area contributed by atoms with Crippen LogP contribution >= 0.6 is 0 Å². The molecule has 1 aliphatic carbocycles. The molecule has 4 amide bonds. The Balaban J connectivity index is 1.38. The molecule has 1 saturated carbocycles. The summed E-state index contributed by atoms with van der Waals surface area (Å²) in [6.45, 7) is 4.88. The number of fused-ring (bicyclic) bond motifs is 1. The number of hydrogen-bond acceptors (Lipinski definition) is 5. The number of hydrogen-bond donors (Lipinski definition) is 1. The van der Waals surface area contributed by atoms with E-state index in [0.29, 0.717) is 25.1 Å². The van der Waals surface area contributed by atoms with Gasteiger partial charge in [-0.05, 0) is 43.4 Å². The number of amides is 4. The van der Waals surface area contributed by atoms with Gasteiger partial charge in [0, 0.05) is 31.6 Å². The molecule has 0 aromatic heterocycles. The summed E-state index contributed by atoms with van der Waals surface area (Å²) < 4.78 is 5.44. The molecule has 0 unspecified atom stereocenters. The van der Waals surface area contributed by atoms with E-state index in [4.69, 9.17) is 10.5 Å². The first-order valence-corrected chi connectivity index (χ1v) is 10.3. The Kier molecular flexibility index (Phi) is 4.18. The van der Waals surface area contributed by atoms with Crippen molar-refractivity contribution in [3.8, 4) is 0 Å². The van der Waals surface area contributed by atoms with Crippen LogP contribution in [0.2, 0.25) is 0 Å². The zero-order valence-electron chi connectivity index (χ0n) is 16.4. The summed E-state index contributed by atoms with van der Waals surface area (Å²) >= 11 is 0. The lowest BCUT2D eigenvalue weighted by Crippen LogP contribution is -2.55. The van der Waals surface area contributed by atoms with Gasteiger partial charge in [0.15, 0.2) is 0 Å². The summed E-state index contributed by atoms with van der Waals surface area (Å²) in [6.07, 6.45) is 3.19. The summed E-state index contributed by atoms with van der Waals surface area (Å²) in [5, 5.41) is 0. The third-order valence-electron chi connectivity index (χ3n) is 6.99. The third kappa shape index (κ3) is 2.69. The van der Waals surface area contributed by atoms with E-state index < -0.39 is 23.4 Å². The number of anilines is 1. The van der Waals surface area contributed by atoms with Crippen LogP contribution < -0.4 is 10.6 Å². The number of rotatable bonds is 5. The van der Waals surface area contributed by atoms with Gasteiger partial charge >= 0.3 is 6.03 Å². The highest BCUT2D eigenvalue weighted by Crippen LogP contribution is 2.49. The molecule has 0 bridgehead atoms. The number of primary amides is 1. The van der Waals surface area contributed by atoms with E-state index in [9.17, 15) is 14.4 Å². The number of nitrogens with two attached hydrogens (primary N) is 1. The SMILES string of the molecule is NC(=O)[C@]12CCCN1C(=O)N(c1ccc(C3(CN4CCOCC4)CC3)cc1)C2=O. The molecule has 154 valence electrons. The molecular weight excluding hydrogens is 372 g/mol. The van der Waals surface area contributed by atoms with Crippen LogP contribution in [0.1, 0.15) is 31.2 Å². The quantitative estimate of drug-likeness (QED) is 0.586. The molecule has 3 heterocycles. The molecule has 4 fully saturated rings. The first-order chi connectivity index (χ1) is 14.0. The summed E-state index contributed by atoms with van der Waals surface area (Å²) in [6, 6.07) is 7.23. The highest BCUT2D eigenvalue weighted by atomic mass is 16.5. The van der Waals surface area contributed by atoms with E-state index in [0.717, 1.165) is 50.6 Å². The number of nitrogens with zero attached hydrogens (tertiary/aromatic N) is 3. The minimum absolute atomic E-state index is 0.156. The Morgan fingerprint density at radius 1 is 1.03 bits per heavy atom. The Morgan fingerprint density at radius 3 is 2.31 bits per heavy atom. The normalized spacial score (nSPS) is 28.7. The van der Waals surface area contributed by atoms with Gasteiger partial charge < -0.3 is 15.4 Å². The first kappa shape index (κ1) is 18.6. The second kappa shape index (κ2) is 6.53. The van der Waals surface area contributed by atoms with Crippen molar-refractivity contribution in [2.24, 2.45) is 5.73 Å². The highest BCUT2D eigenvalue weighted by Gasteiger charge is 2.63. The second-order valence-corrected chi connectivity index (χ2v) is 8.62. The minimum Gasteiger partial charge on any atom is -0.379 e. The number of morpholine rings is 1. The fourth-order valence-electron chi connectivity index (χ4n) is 5.12. The van der Waals surface area contributed by atoms with Crippen molar-refractivity contribution >= 4 is 23.5 Å². The van der Waals surface area contributed by atoms with E-state index in [-0.39, 0.29) is 5.41 Å². The summed E-state index contributed by atoms with van der Waals surface area (Å²) in [7, 11) is 0. The van der Waals surface area contributed by atoms with Gasteiger partial charge in [-0.3, -0.25) is 14.5 Å². The number of benzene rings is 1. The van der Waals surface area contributed by atoms with Crippen LogP contribution in [-0.4, -0.2) is 72.6 Å². The predicted octanol–water partition coefficient (Wildman–Crippen LogP) is 0.837. The lowest BCUT2D eigenvalue weighted by Gasteiger charge is -2.31. The Labute approximate surface area is 169 Å². The minimum atomic E-state index is -1.51. The zero-order chi connectivity index (χ0) is 20.2. The maximum Gasteiger partial charge on any atom is 0.332 e. The third-order valence-corrected chi connectivity index (χ3v) is 6.99. The van der Waals surface area contributed by atoms with Crippen LogP contribution in [0.3, 0.4) is 0 Å². The van der Waals surface area contributed by atoms with Crippen molar-refractivity contribution in [1.82, 2.24) is 9.80 Å². The summed E-state index contributed by atoms with van der Waals surface area (Å²) in [5.74, 6) is -1.26. The van der Waals surface area contributed by atoms with Crippen LogP contribution in [0.15, 0.2) is 24.3 Å². The van der Waals surface area contributed by atoms with Crippen LogP contribution in [0, 0.1) is 0 Å². The fraction of sp³-hybridized carbons (Fsp3) is 0.571. The lowest BCUT2D eigenvalue weighted by atomic mass is 9.94. The Hall–Kier alpha value is -2.45. The van der Waals surface area contributed by atoms with Gasteiger partial charge in [-0.15, -0.1) is 0 Å². The van der Waals surface area contributed by atoms with Crippen molar-refractivity contribution in [3.05, 3.63) is 29.8 Å². The molecule has 2 N–H and O–H groups in total. The average Bonchev–Trinajstić information content (AvgIpc) is 3.29.